The quantitative estimate of drug-likeness (QED) is 0.335. The van der Waals surface area contributed by atoms with Crippen LogP contribution in [-0.2, 0) is 0 Å². The normalized spacial score (nSPS) is 11.2. The molecule has 0 bridgehead atoms. The number of rotatable bonds is 3. The van der Waals surface area contributed by atoms with Gasteiger partial charge in [-0.15, -0.1) is 0 Å². The van der Waals surface area contributed by atoms with Crippen LogP contribution in [0.3, 0.4) is 0 Å². The van der Waals surface area contributed by atoms with E-state index in [2.05, 4.69) is 10.5 Å². The number of nitrogens with zero attached hydrogens (tertiary/aromatic N) is 1. The maximum Gasteiger partial charge on any atom is 0.275 e. The number of nitrogens with one attached hydrogen (secondary N) is 1. The van der Waals surface area contributed by atoms with E-state index < -0.39 is 5.91 Å². The van der Waals surface area contributed by atoms with E-state index in [1.165, 1.54) is 36.7 Å². The predicted octanol–water partition coefficient (Wildman–Crippen LogP) is 2.62. The molecule has 0 unspecified atom stereocenters. The van der Waals surface area contributed by atoms with Gasteiger partial charge in [0.15, 0.2) is 11.5 Å². The number of hydrogen-bond donors (Lipinski definition) is 4. The summed E-state index contributed by atoms with van der Waals surface area (Å²) in [5.74, 6) is -1.44. The minimum atomic E-state index is -0.620. The summed E-state index contributed by atoms with van der Waals surface area (Å²) in [4.78, 5) is 12.2. The first-order valence-corrected chi connectivity index (χ1v) is 7.03. The van der Waals surface area contributed by atoms with E-state index in [9.17, 15) is 20.1 Å². The molecule has 0 atom stereocenters. The third kappa shape index (κ3) is 2.63. The van der Waals surface area contributed by atoms with E-state index in [1.54, 1.807) is 13.0 Å². The van der Waals surface area contributed by atoms with Crippen LogP contribution in [0.1, 0.15) is 21.5 Å². The van der Waals surface area contributed by atoms with E-state index in [4.69, 9.17) is 4.42 Å². The van der Waals surface area contributed by atoms with Gasteiger partial charge in [0.25, 0.3) is 5.91 Å². The number of para-hydroxylation sites is 1. The molecule has 7 heteroatoms. The van der Waals surface area contributed by atoms with Gasteiger partial charge in [0, 0.05) is 5.56 Å². The lowest BCUT2D eigenvalue weighted by Crippen LogP contribution is -2.17. The molecule has 1 aromatic heterocycles. The third-order valence-corrected chi connectivity index (χ3v) is 3.56. The highest BCUT2D eigenvalue weighted by molar-refractivity contribution is 6.03. The zero-order valence-corrected chi connectivity index (χ0v) is 12.6. The Labute approximate surface area is 136 Å². The Hall–Kier alpha value is -3.48. The Morgan fingerprint density at radius 2 is 1.96 bits per heavy atom. The summed E-state index contributed by atoms with van der Waals surface area (Å²) in [7, 11) is 0. The molecule has 0 aliphatic carbocycles. The van der Waals surface area contributed by atoms with Gasteiger partial charge < -0.3 is 19.7 Å². The van der Waals surface area contributed by atoms with Crippen LogP contribution in [0.4, 0.5) is 0 Å². The largest absolute Gasteiger partial charge is 0.506 e. The number of hydrazone groups is 1. The summed E-state index contributed by atoms with van der Waals surface area (Å²) < 4.78 is 5.25. The highest BCUT2D eigenvalue weighted by Crippen LogP contribution is 2.32. The molecule has 0 radical (unpaired) electrons. The second kappa shape index (κ2) is 5.96. The molecule has 24 heavy (non-hydrogen) atoms. The number of benzene rings is 2. The molecule has 7 nitrogen and oxygen atoms in total. The van der Waals surface area contributed by atoms with Gasteiger partial charge in [0.1, 0.15) is 11.3 Å². The standard InChI is InChI=1S/C17H14N2O5/c1-9-8-24-13-6-5-11(16(22)14(9)13)17(23)19-18-7-10-3-2-4-12(20)15(10)21/h2-8,20-22H,1H3,(H,19,23). The summed E-state index contributed by atoms with van der Waals surface area (Å²) in [6.07, 6.45) is 2.68. The van der Waals surface area contributed by atoms with Crippen molar-refractivity contribution in [1.29, 1.82) is 0 Å². The number of phenols is 3. The highest BCUT2D eigenvalue weighted by Gasteiger charge is 2.16. The second-order valence-corrected chi connectivity index (χ2v) is 5.17. The van der Waals surface area contributed by atoms with Crippen LogP contribution in [0.2, 0.25) is 0 Å². The van der Waals surface area contributed by atoms with Crippen LogP contribution in [-0.4, -0.2) is 27.4 Å². The molecule has 3 aromatic rings. The molecule has 122 valence electrons. The van der Waals surface area contributed by atoms with Crippen molar-refractivity contribution in [1.82, 2.24) is 5.43 Å². The van der Waals surface area contributed by atoms with E-state index >= 15 is 0 Å². The fraction of sp³-hybridized carbons (Fsp3) is 0.0588. The average molecular weight is 326 g/mol. The summed E-state index contributed by atoms with van der Waals surface area (Å²) in [6, 6.07) is 7.38. The van der Waals surface area contributed by atoms with Crippen LogP contribution >= 0.6 is 0 Å². The number of aryl methyl sites for hydroxylation is 1. The van der Waals surface area contributed by atoms with E-state index in [-0.39, 0.29) is 28.4 Å². The van der Waals surface area contributed by atoms with Gasteiger partial charge >= 0.3 is 0 Å². The van der Waals surface area contributed by atoms with Crippen molar-refractivity contribution in [2.45, 2.75) is 6.92 Å². The molecule has 1 amide bonds. The lowest BCUT2D eigenvalue weighted by Gasteiger charge is -2.05. The van der Waals surface area contributed by atoms with Crippen molar-refractivity contribution in [3.63, 3.8) is 0 Å². The maximum absolute atomic E-state index is 12.2. The molecular weight excluding hydrogens is 312 g/mol. The number of phenolic OH excluding ortho intramolecular Hbond substituents is 3. The summed E-state index contributed by atoms with van der Waals surface area (Å²) in [5.41, 5.74) is 3.74. The number of fused-ring (bicyclic) bond motifs is 1. The van der Waals surface area contributed by atoms with Crippen molar-refractivity contribution in [3.05, 3.63) is 53.3 Å². The number of aromatic hydroxyl groups is 3. The molecule has 2 aromatic carbocycles. The number of carbonyl (C=O) groups is 1. The molecule has 0 spiro atoms. The van der Waals surface area contributed by atoms with Crippen LogP contribution in [0, 0.1) is 6.92 Å². The van der Waals surface area contributed by atoms with Gasteiger partial charge in [-0.2, -0.15) is 5.10 Å². The molecule has 4 N–H and O–H groups in total. The first-order valence-electron chi connectivity index (χ1n) is 7.03. The topological polar surface area (TPSA) is 115 Å². The van der Waals surface area contributed by atoms with Gasteiger partial charge in [-0.25, -0.2) is 5.43 Å². The average Bonchev–Trinajstić information content (AvgIpc) is 2.94. The highest BCUT2D eigenvalue weighted by atomic mass is 16.3. The first kappa shape index (κ1) is 15.4. The Morgan fingerprint density at radius 3 is 2.75 bits per heavy atom. The first-order chi connectivity index (χ1) is 11.5. The van der Waals surface area contributed by atoms with Gasteiger partial charge in [0.2, 0.25) is 0 Å². The molecular formula is C17H14N2O5. The Morgan fingerprint density at radius 1 is 1.17 bits per heavy atom. The smallest absolute Gasteiger partial charge is 0.275 e. The van der Waals surface area contributed by atoms with Crippen molar-refractivity contribution in [3.8, 4) is 17.2 Å². The zero-order chi connectivity index (χ0) is 17.3. The van der Waals surface area contributed by atoms with Crippen LogP contribution < -0.4 is 5.43 Å². The van der Waals surface area contributed by atoms with Gasteiger partial charge in [-0.1, -0.05) is 6.07 Å². The third-order valence-electron chi connectivity index (χ3n) is 3.56. The minimum Gasteiger partial charge on any atom is -0.506 e. The number of hydrogen-bond acceptors (Lipinski definition) is 6. The van der Waals surface area contributed by atoms with E-state index in [0.29, 0.717) is 16.5 Å². The summed E-state index contributed by atoms with van der Waals surface area (Å²) in [5, 5.41) is 33.5. The van der Waals surface area contributed by atoms with Gasteiger partial charge in [-0.05, 0) is 36.8 Å². The summed E-state index contributed by atoms with van der Waals surface area (Å²) in [6.45, 7) is 1.76. The van der Waals surface area contributed by atoms with Gasteiger partial charge in [-0.3, -0.25) is 4.79 Å². The monoisotopic (exact) mass is 326 g/mol. The van der Waals surface area contributed by atoms with E-state index in [0.717, 1.165) is 0 Å². The van der Waals surface area contributed by atoms with Crippen molar-refractivity contribution in [2.24, 2.45) is 5.10 Å². The fourth-order valence-corrected chi connectivity index (χ4v) is 2.32. The lowest BCUT2D eigenvalue weighted by molar-refractivity contribution is 0.0952. The van der Waals surface area contributed by atoms with E-state index in [1.807, 2.05) is 0 Å². The molecule has 0 saturated carbocycles. The van der Waals surface area contributed by atoms with Crippen molar-refractivity contribution in [2.75, 3.05) is 0 Å². The predicted molar refractivity (Wildman–Crippen MR) is 87.4 cm³/mol. The van der Waals surface area contributed by atoms with Gasteiger partial charge in [0.05, 0.1) is 23.4 Å². The Balaban J connectivity index is 1.83. The number of furan rings is 1. The Kier molecular flexibility index (Phi) is 3.83. The summed E-state index contributed by atoms with van der Waals surface area (Å²) >= 11 is 0. The van der Waals surface area contributed by atoms with Crippen LogP contribution in [0.15, 0.2) is 46.1 Å². The SMILES string of the molecule is Cc1coc2ccc(C(=O)NN=Cc3cccc(O)c3O)c(O)c12. The molecule has 0 aliphatic rings. The lowest BCUT2D eigenvalue weighted by atomic mass is 10.1. The zero-order valence-electron chi connectivity index (χ0n) is 12.6. The number of amides is 1. The minimum absolute atomic E-state index is 0.0456. The Bertz CT molecular complexity index is 959. The molecule has 0 fully saturated rings. The molecule has 0 saturated heterocycles. The maximum atomic E-state index is 12.2. The van der Waals surface area contributed by atoms with Crippen molar-refractivity contribution < 1.29 is 24.5 Å². The molecule has 3 rings (SSSR count). The van der Waals surface area contributed by atoms with Crippen LogP contribution in [0.5, 0.6) is 17.2 Å². The fourth-order valence-electron chi connectivity index (χ4n) is 2.32. The number of carbonyl (C=O) groups excluding carboxylic acids is 1. The van der Waals surface area contributed by atoms with Crippen LogP contribution in [0.25, 0.3) is 11.0 Å². The molecule has 0 aliphatic heterocycles. The second-order valence-electron chi connectivity index (χ2n) is 5.17. The molecule has 1 heterocycles. The van der Waals surface area contributed by atoms with Crippen molar-refractivity contribution >= 4 is 23.1 Å².